The molecule has 0 heterocycles. The summed E-state index contributed by atoms with van der Waals surface area (Å²) >= 11 is 0. The SMILES string of the molecule is Cc1ccc(F)cc1C(N)CCC1CCCCC1. The lowest BCUT2D eigenvalue weighted by Gasteiger charge is -2.23. The molecule has 0 bridgehead atoms. The number of benzene rings is 1. The van der Waals surface area contributed by atoms with Crippen LogP contribution in [0.1, 0.15) is 62.1 Å². The maximum atomic E-state index is 13.2. The predicted molar refractivity (Wildman–Crippen MR) is 73.9 cm³/mol. The van der Waals surface area contributed by atoms with Gasteiger partial charge in [-0.2, -0.15) is 0 Å². The summed E-state index contributed by atoms with van der Waals surface area (Å²) < 4.78 is 13.2. The van der Waals surface area contributed by atoms with Crippen molar-refractivity contribution in [3.63, 3.8) is 0 Å². The fourth-order valence-corrected chi connectivity index (χ4v) is 3.06. The van der Waals surface area contributed by atoms with Crippen molar-refractivity contribution in [1.82, 2.24) is 0 Å². The summed E-state index contributed by atoms with van der Waals surface area (Å²) in [6, 6.07) is 4.92. The first-order valence-electron chi connectivity index (χ1n) is 7.18. The fourth-order valence-electron chi connectivity index (χ4n) is 3.06. The fraction of sp³-hybridized carbons (Fsp3) is 0.625. The number of nitrogens with two attached hydrogens (primary N) is 1. The van der Waals surface area contributed by atoms with E-state index >= 15 is 0 Å². The van der Waals surface area contributed by atoms with Crippen molar-refractivity contribution in [3.8, 4) is 0 Å². The molecule has 0 amide bonds. The van der Waals surface area contributed by atoms with E-state index in [0.29, 0.717) is 0 Å². The van der Waals surface area contributed by atoms with E-state index in [-0.39, 0.29) is 11.9 Å². The van der Waals surface area contributed by atoms with Gasteiger partial charge in [-0.05, 0) is 48.9 Å². The Morgan fingerprint density at radius 2 is 2.00 bits per heavy atom. The molecule has 1 aliphatic rings. The summed E-state index contributed by atoms with van der Waals surface area (Å²) in [5, 5.41) is 0. The van der Waals surface area contributed by atoms with Crippen LogP contribution >= 0.6 is 0 Å². The van der Waals surface area contributed by atoms with E-state index in [1.54, 1.807) is 6.07 Å². The average Bonchev–Trinajstić information content (AvgIpc) is 2.40. The van der Waals surface area contributed by atoms with Crippen molar-refractivity contribution in [3.05, 3.63) is 35.1 Å². The normalized spacial score (nSPS) is 18.8. The van der Waals surface area contributed by atoms with Gasteiger partial charge in [0.15, 0.2) is 0 Å². The molecule has 0 radical (unpaired) electrons. The van der Waals surface area contributed by atoms with Crippen LogP contribution in [0.4, 0.5) is 4.39 Å². The topological polar surface area (TPSA) is 26.0 Å². The number of hydrogen-bond acceptors (Lipinski definition) is 1. The Morgan fingerprint density at radius 1 is 1.28 bits per heavy atom. The van der Waals surface area contributed by atoms with Gasteiger partial charge >= 0.3 is 0 Å². The summed E-state index contributed by atoms with van der Waals surface area (Å²) in [6.45, 7) is 2.01. The van der Waals surface area contributed by atoms with Crippen molar-refractivity contribution in [2.75, 3.05) is 0 Å². The number of aryl methyl sites for hydroxylation is 1. The predicted octanol–water partition coefficient (Wildman–Crippen LogP) is 4.49. The molecule has 2 rings (SSSR count). The second kappa shape index (κ2) is 6.33. The molecule has 2 heteroatoms. The summed E-state index contributed by atoms with van der Waals surface area (Å²) in [6.07, 6.45) is 9.03. The lowest BCUT2D eigenvalue weighted by Crippen LogP contribution is -2.15. The van der Waals surface area contributed by atoms with E-state index in [2.05, 4.69) is 0 Å². The molecule has 0 spiro atoms. The monoisotopic (exact) mass is 249 g/mol. The first-order valence-corrected chi connectivity index (χ1v) is 7.18. The highest BCUT2D eigenvalue weighted by Crippen LogP contribution is 2.30. The Morgan fingerprint density at radius 3 is 2.72 bits per heavy atom. The maximum Gasteiger partial charge on any atom is 0.123 e. The number of halogens is 1. The molecule has 0 aromatic heterocycles. The molecule has 0 aliphatic heterocycles. The Bertz CT molecular complexity index is 383. The highest BCUT2D eigenvalue weighted by atomic mass is 19.1. The van der Waals surface area contributed by atoms with Crippen LogP contribution in [-0.4, -0.2) is 0 Å². The molecule has 1 nitrogen and oxygen atoms in total. The minimum atomic E-state index is -0.177. The maximum absolute atomic E-state index is 13.2. The number of hydrogen-bond donors (Lipinski definition) is 1. The highest BCUT2D eigenvalue weighted by Gasteiger charge is 2.16. The lowest BCUT2D eigenvalue weighted by atomic mass is 9.84. The van der Waals surface area contributed by atoms with Crippen LogP contribution in [0.25, 0.3) is 0 Å². The second-order valence-electron chi connectivity index (χ2n) is 5.69. The Hall–Kier alpha value is -0.890. The van der Waals surface area contributed by atoms with Gasteiger partial charge in [-0.25, -0.2) is 4.39 Å². The Balaban J connectivity index is 1.90. The minimum Gasteiger partial charge on any atom is -0.324 e. The van der Waals surface area contributed by atoms with Crippen molar-refractivity contribution < 1.29 is 4.39 Å². The highest BCUT2D eigenvalue weighted by molar-refractivity contribution is 5.29. The van der Waals surface area contributed by atoms with Crippen molar-refractivity contribution in [1.29, 1.82) is 0 Å². The van der Waals surface area contributed by atoms with Gasteiger partial charge in [-0.15, -0.1) is 0 Å². The largest absolute Gasteiger partial charge is 0.324 e. The summed E-state index contributed by atoms with van der Waals surface area (Å²) in [5.41, 5.74) is 8.30. The molecule has 1 fully saturated rings. The van der Waals surface area contributed by atoms with Crippen LogP contribution in [0.15, 0.2) is 18.2 Å². The third-order valence-corrected chi connectivity index (χ3v) is 4.25. The van der Waals surface area contributed by atoms with E-state index in [1.165, 1.54) is 44.6 Å². The summed E-state index contributed by atoms with van der Waals surface area (Å²) in [4.78, 5) is 0. The molecule has 2 N–H and O–H groups in total. The van der Waals surface area contributed by atoms with Crippen molar-refractivity contribution in [2.45, 2.75) is 57.9 Å². The zero-order valence-corrected chi connectivity index (χ0v) is 11.3. The lowest BCUT2D eigenvalue weighted by molar-refractivity contribution is 0.324. The molecule has 1 saturated carbocycles. The van der Waals surface area contributed by atoms with Crippen LogP contribution in [-0.2, 0) is 0 Å². The molecule has 1 aromatic carbocycles. The molecule has 100 valence electrons. The molecule has 1 aliphatic carbocycles. The van der Waals surface area contributed by atoms with E-state index in [9.17, 15) is 4.39 Å². The van der Waals surface area contributed by atoms with Crippen LogP contribution < -0.4 is 5.73 Å². The van der Waals surface area contributed by atoms with E-state index in [0.717, 1.165) is 23.5 Å². The van der Waals surface area contributed by atoms with Crippen LogP contribution in [0.2, 0.25) is 0 Å². The van der Waals surface area contributed by atoms with E-state index in [1.807, 2.05) is 13.0 Å². The quantitative estimate of drug-likeness (QED) is 0.835. The van der Waals surface area contributed by atoms with Crippen molar-refractivity contribution >= 4 is 0 Å². The van der Waals surface area contributed by atoms with Crippen LogP contribution in [0.5, 0.6) is 0 Å². The molecular weight excluding hydrogens is 225 g/mol. The Kier molecular flexibility index (Phi) is 4.76. The summed E-state index contributed by atoms with van der Waals surface area (Å²) in [5.74, 6) is 0.669. The second-order valence-corrected chi connectivity index (χ2v) is 5.69. The van der Waals surface area contributed by atoms with Gasteiger partial charge in [-0.1, -0.05) is 38.2 Å². The van der Waals surface area contributed by atoms with Gasteiger partial charge in [-0.3, -0.25) is 0 Å². The minimum absolute atomic E-state index is 0.0115. The molecule has 0 saturated heterocycles. The molecule has 1 aromatic rings. The zero-order valence-electron chi connectivity index (χ0n) is 11.3. The van der Waals surface area contributed by atoms with Crippen LogP contribution in [0.3, 0.4) is 0 Å². The Labute approximate surface area is 110 Å². The van der Waals surface area contributed by atoms with Gasteiger partial charge in [0.1, 0.15) is 5.82 Å². The molecule has 1 atom stereocenters. The van der Waals surface area contributed by atoms with Gasteiger partial charge in [0.25, 0.3) is 0 Å². The first kappa shape index (κ1) is 13.5. The molecule has 1 unspecified atom stereocenters. The van der Waals surface area contributed by atoms with E-state index in [4.69, 9.17) is 5.73 Å². The van der Waals surface area contributed by atoms with E-state index < -0.39 is 0 Å². The third-order valence-electron chi connectivity index (χ3n) is 4.25. The number of rotatable bonds is 4. The molecule has 18 heavy (non-hydrogen) atoms. The van der Waals surface area contributed by atoms with Crippen LogP contribution in [0, 0.1) is 18.7 Å². The molecular formula is C16H24FN. The zero-order chi connectivity index (χ0) is 13.0. The first-order chi connectivity index (χ1) is 8.66. The van der Waals surface area contributed by atoms with Gasteiger partial charge in [0, 0.05) is 6.04 Å². The summed E-state index contributed by atoms with van der Waals surface area (Å²) in [7, 11) is 0. The smallest absolute Gasteiger partial charge is 0.123 e. The standard InChI is InChI=1S/C16H24FN/c1-12-7-9-14(17)11-15(12)16(18)10-8-13-5-3-2-4-6-13/h7,9,11,13,16H,2-6,8,10,18H2,1H3. The van der Waals surface area contributed by atoms with Crippen molar-refractivity contribution in [2.24, 2.45) is 11.7 Å². The van der Waals surface area contributed by atoms with Gasteiger partial charge in [0.05, 0.1) is 0 Å². The van der Waals surface area contributed by atoms with Gasteiger partial charge in [0.2, 0.25) is 0 Å². The average molecular weight is 249 g/mol. The van der Waals surface area contributed by atoms with Gasteiger partial charge < -0.3 is 5.73 Å². The third kappa shape index (κ3) is 3.55.